The Morgan fingerprint density at radius 1 is 1.27 bits per heavy atom. The Hall–Kier alpha value is -2.60. The number of halogens is 1. The monoisotopic (exact) mass is 413 g/mol. The van der Waals surface area contributed by atoms with E-state index >= 15 is 0 Å². The minimum Gasteiger partial charge on any atom is -0.483 e. The topological polar surface area (TPSA) is 55.6 Å². The van der Waals surface area contributed by atoms with Crippen LogP contribution >= 0.6 is 15.9 Å². The van der Waals surface area contributed by atoms with Gasteiger partial charge in [-0.2, -0.15) is 5.10 Å². The number of para-hydroxylation sites is 1. The molecule has 1 aromatic heterocycles. The Bertz CT molecular complexity index is 969. The lowest BCUT2D eigenvalue weighted by Gasteiger charge is -2.11. The van der Waals surface area contributed by atoms with Crippen LogP contribution in [0.1, 0.15) is 16.7 Å². The predicted octanol–water partition coefficient (Wildman–Crippen LogP) is 4.09. The lowest BCUT2D eigenvalue weighted by Crippen LogP contribution is -2.25. The summed E-state index contributed by atoms with van der Waals surface area (Å²) in [6.07, 6.45) is 3.63. The van der Waals surface area contributed by atoms with Gasteiger partial charge in [0, 0.05) is 34.2 Å². The minimum absolute atomic E-state index is 0.0871. The smallest absolute Gasteiger partial charge is 0.277 e. The quantitative estimate of drug-likeness (QED) is 0.505. The van der Waals surface area contributed by atoms with Gasteiger partial charge >= 0.3 is 0 Å². The summed E-state index contributed by atoms with van der Waals surface area (Å²) in [5.74, 6) is 0.421. The molecule has 0 fully saturated rings. The van der Waals surface area contributed by atoms with Crippen molar-refractivity contribution in [1.82, 2.24) is 9.99 Å². The molecule has 3 rings (SSSR count). The summed E-state index contributed by atoms with van der Waals surface area (Å²) in [5.41, 5.74) is 6.53. The molecule has 0 aliphatic heterocycles. The molecule has 1 amide bonds. The zero-order valence-electron chi connectivity index (χ0n) is 14.9. The third-order valence-electron chi connectivity index (χ3n) is 4.09. The van der Waals surface area contributed by atoms with Gasteiger partial charge in [-0.25, -0.2) is 5.43 Å². The van der Waals surface area contributed by atoms with E-state index in [4.69, 9.17) is 4.74 Å². The zero-order chi connectivity index (χ0) is 18.7. The van der Waals surface area contributed by atoms with Crippen molar-refractivity contribution in [2.45, 2.75) is 13.8 Å². The molecule has 0 bridgehead atoms. The maximum atomic E-state index is 12.0. The number of amides is 1. The number of aromatic nitrogens is 1. The number of ether oxygens (including phenoxy) is 1. The highest BCUT2D eigenvalue weighted by molar-refractivity contribution is 9.10. The predicted molar refractivity (Wildman–Crippen MR) is 108 cm³/mol. The molecule has 6 heteroatoms. The van der Waals surface area contributed by atoms with Gasteiger partial charge in [0.15, 0.2) is 6.61 Å². The fourth-order valence-corrected chi connectivity index (χ4v) is 3.63. The van der Waals surface area contributed by atoms with Gasteiger partial charge in [-0.15, -0.1) is 0 Å². The molecular formula is C20H20BrN3O2. The van der Waals surface area contributed by atoms with Gasteiger partial charge in [0.05, 0.1) is 6.21 Å². The molecule has 3 aromatic rings. The van der Waals surface area contributed by atoms with E-state index in [1.807, 2.05) is 68.1 Å². The molecule has 26 heavy (non-hydrogen) atoms. The number of hydrazone groups is 1. The number of hydrogen-bond donors (Lipinski definition) is 1. The average Bonchev–Trinajstić information content (AvgIpc) is 2.90. The largest absolute Gasteiger partial charge is 0.483 e. The number of carbonyl (C=O) groups is 1. The number of carbonyl (C=O) groups excluding carboxylic acids is 1. The van der Waals surface area contributed by atoms with Crippen molar-refractivity contribution in [2.24, 2.45) is 12.1 Å². The van der Waals surface area contributed by atoms with Crippen molar-refractivity contribution in [2.75, 3.05) is 6.61 Å². The molecule has 0 radical (unpaired) electrons. The molecule has 0 saturated carbocycles. The Morgan fingerprint density at radius 3 is 2.69 bits per heavy atom. The molecule has 0 unspecified atom stereocenters. The first-order chi connectivity index (χ1) is 12.5. The highest BCUT2D eigenvalue weighted by Crippen LogP contribution is 2.27. The highest BCUT2D eigenvalue weighted by Gasteiger charge is 2.08. The maximum Gasteiger partial charge on any atom is 0.277 e. The van der Waals surface area contributed by atoms with E-state index < -0.39 is 0 Å². The summed E-state index contributed by atoms with van der Waals surface area (Å²) in [4.78, 5) is 12.0. The van der Waals surface area contributed by atoms with Gasteiger partial charge < -0.3 is 9.30 Å². The summed E-state index contributed by atoms with van der Waals surface area (Å²) >= 11 is 3.45. The van der Waals surface area contributed by atoms with Gasteiger partial charge in [-0.1, -0.05) is 34.1 Å². The van der Waals surface area contributed by atoms with E-state index in [0.29, 0.717) is 0 Å². The summed E-state index contributed by atoms with van der Waals surface area (Å²) < 4.78 is 8.67. The van der Waals surface area contributed by atoms with Crippen LogP contribution < -0.4 is 10.2 Å². The fraction of sp³-hybridized carbons (Fsp3) is 0.200. The van der Waals surface area contributed by atoms with Crippen LogP contribution in [0.15, 0.2) is 52.2 Å². The number of aryl methyl sites for hydroxylation is 3. The molecule has 134 valence electrons. The third kappa shape index (κ3) is 3.96. The summed E-state index contributed by atoms with van der Waals surface area (Å²) in [7, 11) is 1.98. The van der Waals surface area contributed by atoms with Crippen molar-refractivity contribution in [3.8, 4) is 5.75 Å². The molecular weight excluding hydrogens is 394 g/mol. The van der Waals surface area contributed by atoms with Crippen molar-refractivity contribution in [3.05, 3.63) is 63.8 Å². The number of rotatable bonds is 5. The van der Waals surface area contributed by atoms with E-state index in [0.717, 1.165) is 37.8 Å². The van der Waals surface area contributed by atoms with E-state index in [2.05, 4.69) is 26.5 Å². The van der Waals surface area contributed by atoms with Gasteiger partial charge in [0.25, 0.3) is 5.91 Å². The van der Waals surface area contributed by atoms with Gasteiger partial charge in [0.1, 0.15) is 5.75 Å². The number of nitrogens with one attached hydrogen (secondary N) is 1. The van der Waals surface area contributed by atoms with Crippen LogP contribution in [0.3, 0.4) is 0 Å². The molecule has 1 heterocycles. The SMILES string of the molecule is Cc1cc(Br)cc(C)c1OCC(=O)NN=Cc1cn(C)c2ccccc12. The second-order valence-electron chi connectivity index (χ2n) is 6.16. The minimum atomic E-state index is -0.303. The lowest BCUT2D eigenvalue weighted by atomic mass is 10.1. The van der Waals surface area contributed by atoms with Crippen LogP contribution in [0.4, 0.5) is 0 Å². The first-order valence-electron chi connectivity index (χ1n) is 8.21. The Labute approximate surface area is 160 Å². The van der Waals surface area contributed by atoms with Crippen molar-refractivity contribution in [3.63, 3.8) is 0 Å². The number of nitrogens with zero attached hydrogens (tertiary/aromatic N) is 2. The maximum absolute atomic E-state index is 12.0. The van der Waals surface area contributed by atoms with Gasteiger partial charge in [0.2, 0.25) is 0 Å². The molecule has 0 aliphatic carbocycles. The fourth-order valence-electron chi connectivity index (χ4n) is 2.94. The summed E-state index contributed by atoms with van der Waals surface area (Å²) in [6, 6.07) is 12.0. The first-order valence-corrected chi connectivity index (χ1v) is 9.00. The molecule has 5 nitrogen and oxygen atoms in total. The number of fused-ring (bicyclic) bond motifs is 1. The van der Waals surface area contributed by atoms with E-state index in [9.17, 15) is 4.79 Å². The molecule has 0 aliphatic rings. The van der Waals surface area contributed by atoms with Gasteiger partial charge in [-0.05, 0) is 43.2 Å². The third-order valence-corrected chi connectivity index (χ3v) is 4.55. The molecule has 0 atom stereocenters. The van der Waals surface area contributed by atoms with Crippen LogP contribution in [-0.2, 0) is 11.8 Å². The van der Waals surface area contributed by atoms with Crippen LogP contribution in [0.5, 0.6) is 5.75 Å². The van der Waals surface area contributed by atoms with Gasteiger partial charge in [-0.3, -0.25) is 4.79 Å². The summed E-state index contributed by atoms with van der Waals surface area (Å²) in [6.45, 7) is 3.81. The van der Waals surface area contributed by atoms with E-state index in [-0.39, 0.29) is 12.5 Å². The van der Waals surface area contributed by atoms with Crippen molar-refractivity contribution < 1.29 is 9.53 Å². The Balaban J connectivity index is 1.61. The van der Waals surface area contributed by atoms with E-state index in [1.165, 1.54) is 0 Å². The first kappa shape index (κ1) is 18.2. The molecule has 1 N–H and O–H groups in total. The van der Waals surface area contributed by atoms with Crippen molar-refractivity contribution in [1.29, 1.82) is 0 Å². The number of hydrogen-bond acceptors (Lipinski definition) is 3. The molecule has 2 aromatic carbocycles. The zero-order valence-corrected chi connectivity index (χ0v) is 16.5. The second kappa shape index (κ2) is 7.74. The molecule has 0 saturated heterocycles. The van der Waals surface area contributed by atoms with Crippen LogP contribution in [0.25, 0.3) is 10.9 Å². The number of benzene rings is 2. The average molecular weight is 414 g/mol. The highest BCUT2D eigenvalue weighted by atomic mass is 79.9. The Morgan fingerprint density at radius 2 is 1.96 bits per heavy atom. The van der Waals surface area contributed by atoms with Crippen LogP contribution in [-0.4, -0.2) is 23.3 Å². The standard InChI is InChI=1S/C20H20BrN3O2/c1-13-8-16(21)9-14(2)20(13)26-12-19(25)23-22-10-15-11-24(3)18-7-5-4-6-17(15)18/h4-11H,12H2,1-3H3,(H,23,25). The second-order valence-corrected chi connectivity index (χ2v) is 7.08. The summed E-state index contributed by atoms with van der Waals surface area (Å²) in [5, 5.41) is 5.14. The van der Waals surface area contributed by atoms with Crippen LogP contribution in [0, 0.1) is 13.8 Å². The Kier molecular flexibility index (Phi) is 5.42. The normalized spacial score (nSPS) is 11.2. The lowest BCUT2D eigenvalue weighted by molar-refractivity contribution is -0.123. The van der Waals surface area contributed by atoms with Crippen molar-refractivity contribution >= 4 is 39.0 Å². The molecule has 0 spiro atoms. The van der Waals surface area contributed by atoms with Crippen LogP contribution in [0.2, 0.25) is 0 Å². The van der Waals surface area contributed by atoms with E-state index in [1.54, 1.807) is 6.21 Å².